The second kappa shape index (κ2) is 9.84. The van der Waals surface area contributed by atoms with Crippen LogP contribution in [0.5, 0.6) is 5.75 Å². The summed E-state index contributed by atoms with van der Waals surface area (Å²) in [5.41, 5.74) is 2.00. The molecule has 178 valence electrons. The van der Waals surface area contributed by atoms with E-state index in [1.54, 1.807) is 4.90 Å². The number of benzene rings is 2. The molecule has 0 spiro atoms. The molecule has 2 aromatic rings. The topological polar surface area (TPSA) is 114 Å². The molecule has 10 heteroatoms. The number of aliphatic imine (C=N–C) groups is 1. The quantitative estimate of drug-likeness (QED) is 0.425. The van der Waals surface area contributed by atoms with Crippen LogP contribution >= 0.6 is 11.8 Å². The van der Waals surface area contributed by atoms with Crippen LogP contribution in [-0.2, 0) is 9.59 Å². The molecule has 0 aromatic heterocycles. The maximum atomic E-state index is 13.1. The predicted molar refractivity (Wildman–Crippen MR) is 132 cm³/mol. The number of hydrogen-bond acceptors (Lipinski definition) is 7. The normalized spacial score (nSPS) is 19.1. The molecule has 2 fully saturated rings. The highest BCUT2D eigenvalue weighted by Gasteiger charge is 2.46. The third kappa shape index (κ3) is 5.22. The summed E-state index contributed by atoms with van der Waals surface area (Å²) in [6.07, 6.45) is 1.76. The molecule has 1 atom stereocenters. The number of nitro benzene ring substituents is 1. The fourth-order valence-corrected chi connectivity index (χ4v) is 4.90. The van der Waals surface area contributed by atoms with Gasteiger partial charge in [-0.1, -0.05) is 37.7 Å². The van der Waals surface area contributed by atoms with Crippen molar-refractivity contribution in [2.75, 3.05) is 12.4 Å². The van der Waals surface area contributed by atoms with E-state index < -0.39 is 16.1 Å². The maximum Gasteiger partial charge on any atom is 0.271 e. The van der Waals surface area contributed by atoms with Crippen LogP contribution in [0.4, 0.5) is 17.1 Å². The summed E-state index contributed by atoms with van der Waals surface area (Å²) in [7, 11) is 1.41. The van der Waals surface area contributed by atoms with Gasteiger partial charge in [-0.25, -0.2) is 4.99 Å². The van der Waals surface area contributed by atoms with E-state index in [-0.39, 0.29) is 29.7 Å². The lowest BCUT2D eigenvalue weighted by molar-refractivity contribution is -0.384. The molecule has 1 aliphatic carbocycles. The number of methoxy groups -OCH3 is 1. The summed E-state index contributed by atoms with van der Waals surface area (Å²) < 4.78 is 5.20. The number of nitro groups is 1. The van der Waals surface area contributed by atoms with Crippen LogP contribution in [0.2, 0.25) is 0 Å². The van der Waals surface area contributed by atoms with Crippen LogP contribution in [-0.4, -0.2) is 45.2 Å². The average molecular weight is 483 g/mol. The summed E-state index contributed by atoms with van der Waals surface area (Å²) in [5, 5.41) is 13.7. The first-order valence-electron chi connectivity index (χ1n) is 11.1. The number of carbonyl (C=O) groups is 2. The van der Waals surface area contributed by atoms with E-state index in [0.29, 0.717) is 16.8 Å². The number of rotatable bonds is 8. The highest BCUT2D eigenvalue weighted by Crippen LogP contribution is 2.40. The molecule has 4 rings (SSSR count). The van der Waals surface area contributed by atoms with Gasteiger partial charge in [-0.05, 0) is 42.5 Å². The Morgan fingerprint density at radius 3 is 2.56 bits per heavy atom. The van der Waals surface area contributed by atoms with Crippen molar-refractivity contribution in [2.45, 2.75) is 50.3 Å². The van der Waals surface area contributed by atoms with Gasteiger partial charge < -0.3 is 10.1 Å². The standard InChI is InChI=1S/C24H26N4O5S/c1-14(2)15-4-6-16(7-5-15)25-24-27(17-8-9-17)23(30)21(34-24)13-22(29)26-19-12-18(28(31)32)10-11-20(19)33-3/h4-7,10-12,14,17,21H,8-9,13H2,1-3H3,(H,26,29). The van der Waals surface area contributed by atoms with Gasteiger partial charge in [0.2, 0.25) is 11.8 Å². The monoisotopic (exact) mass is 482 g/mol. The summed E-state index contributed by atoms with van der Waals surface area (Å²) in [6.45, 7) is 4.25. The lowest BCUT2D eigenvalue weighted by Crippen LogP contribution is -2.35. The van der Waals surface area contributed by atoms with Gasteiger partial charge in [-0.15, -0.1) is 0 Å². The van der Waals surface area contributed by atoms with Crippen LogP contribution in [0, 0.1) is 10.1 Å². The second-order valence-corrected chi connectivity index (χ2v) is 9.75. The Labute approximate surface area is 201 Å². The fourth-order valence-electron chi connectivity index (χ4n) is 3.68. The van der Waals surface area contributed by atoms with E-state index in [9.17, 15) is 19.7 Å². The molecule has 1 saturated carbocycles. The number of thioether (sulfide) groups is 1. The molecule has 34 heavy (non-hydrogen) atoms. The highest BCUT2D eigenvalue weighted by molar-refractivity contribution is 8.15. The van der Waals surface area contributed by atoms with E-state index >= 15 is 0 Å². The smallest absolute Gasteiger partial charge is 0.271 e. The van der Waals surface area contributed by atoms with Crippen molar-refractivity contribution in [1.82, 2.24) is 4.90 Å². The number of anilines is 1. The highest BCUT2D eigenvalue weighted by atomic mass is 32.2. The van der Waals surface area contributed by atoms with Crippen molar-refractivity contribution in [3.8, 4) is 5.75 Å². The zero-order valence-electron chi connectivity index (χ0n) is 19.2. The summed E-state index contributed by atoms with van der Waals surface area (Å²) >= 11 is 1.28. The number of hydrogen-bond donors (Lipinski definition) is 1. The molecule has 1 N–H and O–H groups in total. The Kier molecular flexibility index (Phi) is 6.87. The van der Waals surface area contributed by atoms with Gasteiger partial charge in [0.15, 0.2) is 5.17 Å². The minimum absolute atomic E-state index is 0.0795. The van der Waals surface area contributed by atoms with Gasteiger partial charge in [0.05, 0.1) is 23.4 Å². The summed E-state index contributed by atoms with van der Waals surface area (Å²) in [5.74, 6) is 0.157. The summed E-state index contributed by atoms with van der Waals surface area (Å²) in [4.78, 5) is 42.8. The third-order valence-electron chi connectivity index (χ3n) is 5.70. The zero-order chi connectivity index (χ0) is 24.4. The van der Waals surface area contributed by atoms with Gasteiger partial charge in [0, 0.05) is 24.6 Å². The minimum Gasteiger partial charge on any atom is -0.495 e. The molecule has 2 aliphatic rings. The Morgan fingerprint density at radius 2 is 1.97 bits per heavy atom. The first-order chi connectivity index (χ1) is 16.3. The first kappa shape index (κ1) is 23.7. The number of carbonyl (C=O) groups excluding carboxylic acids is 2. The number of nitrogens with one attached hydrogen (secondary N) is 1. The van der Waals surface area contributed by atoms with Crippen LogP contribution in [0.1, 0.15) is 44.6 Å². The van der Waals surface area contributed by atoms with Crippen molar-refractivity contribution in [1.29, 1.82) is 0 Å². The van der Waals surface area contributed by atoms with Gasteiger partial charge >= 0.3 is 0 Å². The van der Waals surface area contributed by atoms with Gasteiger partial charge in [-0.2, -0.15) is 0 Å². The van der Waals surface area contributed by atoms with Gasteiger partial charge in [0.25, 0.3) is 5.69 Å². The lowest BCUT2D eigenvalue weighted by Gasteiger charge is -2.15. The second-order valence-electron chi connectivity index (χ2n) is 8.58. The molecule has 9 nitrogen and oxygen atoms in total. The lowest BCUT2D eigenvalue weighted by atomic mass is 10.0. The molecule has 0 bridgehead atoms. The third-order valence-corrected chi connectivity index (χ3v) is 6.85. The van der Waals surface area contributed by atoms with E-state index in [2.05, 4.69) is 19.2 Å². The number of amides is 2. The average Bonchev–Trinajstić information content (AvgIpc) is 3.59. The molecule has 2 aromatic carbocycles. The maximum absolute atomic E-state index is 13.1. The van der Waals surface area contributed by atoms with E-state index in [1.807, 2.05) is 24.3 Å². The number of nitrogens with zero attached hydrogens (tertiary/aromatic N) is 3. The van der Waals surface area contributed by atoms with Gasteiger partial charge in [0.1, 0.15) is 11.0 Å². The van der Waals surface area contributed by atoms with Crippen LogP contribution in [0.25, 0.3) is 0 Å². The Bertz CT molecular complexity index is 1140. The predicted octanol–water partition coefficient (Wildman–Crippen LogP) is 4.85. The van der Waals surface area contributed by atoms with Gasteiger partial charge in [-0.3, -0.25) is 24.6 Å². The zero-order valence-corrected chi connectivity index (χ0v) is 20.0. The van der Waals surface area contributed by atoms with E-state index in [0.717, 1.165) is 18.5 Å². The molecule has 1 aliphatic heterocycles. The Hall–Kier alpha value is -3.40. The minimum atomic E-state index is -0.612. The van der Waals surface area contributed by atoms with Crippen molar-refractivity contribution in [3.63, 3.8) is 0 Å². The Balaban J connectivity index is 1.49. The van der Waals surface area contributed by atoms with Crippen molar-refractivity contribution < 1.29 is 19.2 Å². The van der Waals surface area contributed by atoms with Crippen LogP contribution < -0.4 is 10.1 Å². The van der Waals surface area contributed by atoms with E-state index in [1.165, 1.54) is 42.6 Å². The number of ether oxygens (including phenoxy) is 1. The van der Waals surface area contributed by atoms with Crippen LogP contribution in [0.3, 0.4) is 0 Å². The number of non-ortho nitro benzene ring substituents is 1. The Morgan fingerprint density at radius 1 is 1.26 bits per heavy atom. The molecule has 1 saturated heterocycles. The number of amidine groups is 1. The van der Waals surface area contributed by atoms with Crippen molar-refractivity contribution in [3.05, 3.63) is 58.1 Å². The molecule has 2 amide bonds. The SMILES string of the molecule is COc1ccc([N+](=O)[O-])cc1NC(=O)CC1SC(=Nc2ccc(C(C)C)cc2)N(C2CC2)C1=O. The summed E-state index contributed by atoms with van der Waals surface area (Å²) in [6, 6.07) is 12.0. The molecule has 1 unspecified atom stereocenters. The molecular formula is C24H26N4O5S. The molecule has 1 heterocycles. The fraction of sp³-hybridized carbons (Fsp3) is 0.375. The first-order valence-corrected chi connectivity index (χ1v) is 12.0. The molecular weight excluding hydrogens is 456 g/mol. The van der Waals surface area contributed by atoms with Crippen molar-refractivity contribution >= 4 is 45.8 Å². The molecule has 0 radical (unpaired) electrons. The van der Waals surface area contributed by atoms with Crippen LogP contribution in [0.15, 0.2) is 47.5 Å². The van der Waals surface area contributed by atoms with Crippen molar-refractivity contribution in [2.24, 2.45) is 4.99 Å². The van der Waals surface area contributed by atoms with E-state index in [4.69, 9.17) is 9.73 Å². The largest absolute Gasteiger partial charge is 0.495 e.